The molecule has 3 heteroatoms. The first kappa shape index (κ1) is 9.54. The van der Waals surface area contributed by atoms with Crippen molar-refractivity contribution < 1.29 is 0 Å². The summed E-state index contributed by atoms with van der Waals surface area (Å²) in [5.41, 5.74) is 0. The van der Waals surface area contributed by atoms with Crippen LogP contribution in [0.15, 0.2) is 12.7 Å². The molecular weight excluding hydrogens is 171 g/mol. The Balaban J connectivity index is 2.82. The first-order valence-corrected chi connectivity index (χ1v) is 6.03. The molecule has 9 heavy (non-hydrogen) atoms. The summed E-state index contributed by atoms with van der Waals surface area (Å²) in [5, 5.41) is 0. The van der Waals surface area contributed by atoms with Gasteiger partial charge in [-0.3, -0.25) is 0 Å². The van der Waals surface area contributed by atoms with Crippen molar-refractivity contribution in [3.8, 4) is 0 Å². The van der Waals surface area contributed by atoms with E-state index in [1.54, 1.807) is 0 Å². The van der Waals surface area contributed by atoms with Gasteiger partial charge in [-0.1, -0.05) is 12.1 Å². The van der Waals surface area contributed by atoms with Crippen molar-refractivity contribution in [1.29, 1.82) is 0 Å². The smallest absolute Gasteiger partial charge is 0.105 e. The molecule has 0 spiro atoms. The van der Waals surface area contributed by atoms with Gasteiger partial charge in [-0.15, -0.1) is 29.8 Å². The van der Waals surface area contributed by atoms with E-state index < -0.39 is 0 Å². The van der Waals surface area contributed by atoms with Gasteiger partial charge in [-0.05, 0) is 12.5 Å². The van der Waals surface area contributed by atoms with Crippen LogP contribution in [0.25, 0.3) is 0 Å². The summed E-state index contributed by atoms with van der Waals surface area (Å²) in [6, 6.07) is 2.33. The quantitative estimate of drug-likeness (QED) is 0.265. The molecule has 0 aromatic rings. The van der Waals surface area contributed by atoms with Gasteiger partial charge in [0.25, 0.3) is 0 Å². The van der Waals surface area contributed by atoms with Gasteiger partial charge in [-0.25, -0.2) is 0 Å². The van der Waals surface area contributed by atoms with Gasteiger partial charge in [0.1, 0.15) is 4.84 Å². The lowest BCUT2D eigenvalue weighted by atomic mass is 10.5. The van der Waals surface area contributed by atoms with Crippen LogP contribution in [0.2, 0.25) is 12.1 Å². The monoisotopic (exact) mass is 182 g/mol. The van der Waals surface area contributed by atoms with Gasteiger partial charge in [0.2, 0.25) is 0 Å². The lowest BCUT2D eigenvalue weighted by molar-refractivity contribution is 1.18. The Labute approximate surface area is 69.1 Å². The molecule has 0 bridgehead atoms. The normalized spacial score (nSPS) is 11.4. The largest absolute Gasteiger partial charge is 0.106 e. The molecule has 0 radical (unpaired) electrons. The highest BCUT2D eigenvalue weighted by Crippen LogP contribution is 2.08. The second-order valence-electron chi connectivity index (χ2n) is 1.96. The molecule has 0 aromatic carbocycles. The first-order chi connectivity index (χ1) is 4.27. The fraction of sp³-hybridized carbons (Fsp3) is 0.667. The Bertz CT molecular complexity index is 73.5. The van der Waals surface area contributed by atoms with Crippen LogP contribution in [0, 0.1) is 0 Å². The summed E-state index contributed by atoms with van der Waals surface area (Å²) in [7, 11) is 0.0177. The predicted octanol–water partition coefficient (Wildman–Crippen LogP) is 2.37. The third-order valence-corrected chi connectivity index (χ3v) is 4.14. The van der Waals surface area contributed by atoms with E-state index in [-0.39, 0.29) is 14.4 Å². The van der Waals surface area contributed by atoms with E-state index in [9.17, 15) is 0 Å². The van der Waals surface area contributed by atoms with E-state index in [0.717, 1.165) is 12.5 Å². The third kappa shape index (κ3) is 8.54. The molecule has 0 atom stereocenters. The Morgan fingerprint density at radius 2 is 2.22 bits per heavy atom. The Morgan fingerprint density at radius 3 is 2.67 bits per heavy atom. The summed E-state index contributed by atoms with van der Waals surface area (Å²) in [6.07, 6.45) is 3.08. The van der Waals surface area contributed by atoms with E-state index in [1.807, 2.05) is 6.08 Å². The van der Waals surface area contributed by atoms with Gasteiger partial charge in [0.05, 0.1) is 0 Å². The third-order valence-electron chi connectivity index (χ3n) is 1.08. The summed E-state index contributed by atoms with van der Waals surface area (Å²) in [4.78, 5) is -0.124. The summed E-state index contributed by atoms with van der Waals surface area (Å²) in [5.74, 6) is 0. The molecule has 0 aromatic heterocycles. The van der Waals surface area contributed by atoms with Crippen molar-refractivity contribution in [2.24, 2.45) is 0 Å². The summed E-state index contributed by atoms with van der Waals surface area (Å²) < 4.78 is 0. The molecule has 0 amide bonds. The number of hydrogen-bond acceptors (Lipinski definition) is 0. The minimum atomic E-state index is -0.124. The molecular formula is C6H12Cl2Si. The molecule has 0 aliphatic rings. The first-order valence-electron chi connectivity index (χ1n) is 3.16. The van der Waals surface area contributed by atoms with Crippen LogP contribution in [0.5, 0.6) is 0 Å². The zero-order valence-corrected chi connectivity index (χ0v) is 8.37. The maximum Gasteiger partial charge on any atom is 0.105 e. The van der Waals surface area contributed by atoms with Crippen LogP contribution in [0.4, 0.5) is 0 Å². The fourth-order valence-electron chi connectivity index (χ4n) is 0.587. The molecule has 0 N–H and O–H groups in total. The van der Waals surface area contributed by atoms with E-state index in [1.165, 1.54) is 6.04 Å². The van der Waals surface area contributed by atoms with Crippen LogP contribution in [-0.2, 0) is 0 Å². The molecule has 0 heterocycles. The van der Waals surface area contributed by atoms with E-state index in [0.29, 0.717) is 0 Å². The highest BCUT2D eigenvalue weighted by molar-refractivity contribution is 6.49. The Hall–Kier alpha value is 0.537. The number of rotatable bonds is 5. The van der Waals surface area contributed by atoms with Crippen molar-refractivity contribution in [2.75, 3.05) is 0 Å². The van der Waals surface area contributed by atoms with Crippen LogP contribution in [0.3, 0.4) is 0 Å². The lowest BCUT2D eigenvalue weighted by Gasteiger charge is -1.96. The Morgan fingerprint density at radius 1 is 1.56 bits per heavy atom. The van der Waals surface area contributed by atoms with Crippen molar-refractivity contribution in [3.05, 3.63) is 12.7 Å². The van der Waals surface area contributed by atoms with Crippen LogP contribution < -0.4 is 0 Å². The van der Waals surface area contributed by atoms with Gasteiger partial charge in [0.15, 0.2) is 0 Å². The molecule has 0 aliphatic carbocycles. The summed E-state index contributed by atoms with van der Waals surface area (Å²) >= 11 is 11.1. The van der Waals surface area contributed by atoms with E-state index in [2.05, 4.69) is 6.58 Å². The second kappa shape index (κ2) is 6.65. The molecule has 0 saturated carbocycles. The number of allylic oxidation sites excluding steroid dienone is 1. The standard InChI is InChI=1S/C6H12Cl2Si/c1-2-3-4-9-5-6(7)8/h2,6H,1,3-5,9H2. The van der Waals surface area contributed by atoms with Gasteiger partial charge in [-0.2, -0.15) is 0 Å². The minimum absolute atomic E-state index is 0.0177. The molecule has 0 saturated heterocycles. The van der Waals surface area contributed by atoms with E-state index in [4.69, 9.17) is 23.2 Å². The van der Waals surface area contributed by atoms with Gasteiger partial charge >= 0.3 is 0 Å². The number of hydrogen-bond donors (Lipinski definition) is 0. The molecule has 0 aliphatic heterocycles. The second-order valence-corrected chi connectivity index (χ2v) is 5.23. The van der Waals surface area contributed by atoms with Crippen LogP contribution in [0.1, 0.15) is 6.42 Å². The lowest BCUT2D eigenvalue weighted by Crippen LogP contribution is -1.94. The molecule has 0 unspecified atom stereocenters. The van der Waals surface area contributed by atoms with Crippen molar-refractivity contribution in [2.45, 2.75) is 23.3 Å². The molecule has 0 fully saturated rings. The highest BCUT2D eigenvalue weighted by Gasteiger charge is 1.96. The summed E-state index contributed by atoms with van der Waals surface area (Å²) in [6.45, 7) is 3.63. The number of halogens is 2. The van der Waals surface area contributed by atoms with Gasteiger partial charge < -0.3 is 0 Å². The average molecular weight is 183 g/mol. The molecule has 0 nitrogen and oxygen atoms in total. The average Bonchev–Trinajstić information content (AvgIpc) is 1.80. The van der Waals surface area contributed by atoms with E-state index >= 15 is 0 Å². The fourth-order valence-corrected chi connectivity index (χ4v) is 2.69. The zero-order valence-electron chi connectivity index (χ0n) is 5.45. The molecule has 54 valence electrons. The maximum atomic E-state index is 5.53. The van der Waals surface area contributed by atoms with Crippen molar-refractivity contribution in [3.63, 3.8) is 0 Å². The maximum absolute atomic E-state index is 5.53. The predicted molar refractivity (Wildman–Crippen MR) is 48.5 cm³/mol. The number of alkyl halides is 2. The Kier molecular flexibility index (Phi) is 7.05. The van der Waals surface area contributed by atoms with Gasteiger partial charge in [0, 0.05) is 9.52 Å². The zero-order chi connectivity index (χ0) is 7.11. The van der Waals surface area contributed by atoms with Crippen LogP contribution >= 0.6 is 23.2 Å². The highest BCUT2D eigenvalue weighted by atomic mass is 35.5. The SMILES string of the molecule is C=CCC[SiH2]CC(Cl)Cl. The van der Waals surface area contributed by atoms with Crippen LogP contribution in [-0.4, -0.2) is 14.4 Å². The van der Waals surface area contributed by atoms with Crippen molar-refractivity contribution in [1.82, 2.24) is 0 Å². The van der Waals surface area contributed by atoms with Crippen molar-refractivity contribution >= 4 is 32.7 Å². The molecule has 0 rings (SSSR count). The minimum Gasteiger partial charge on any atom is -0.106 e. The topological polar surface area (TPSA) is 0 Å².